The summed E-state index contributed by atoms with van der Waals surface area (Å²) in [6.45, 7) is 0.897. The first-order valence-electron chi connectivity index (χ1n) is 8.58. The third-order valence-corrected chi connectivity index (χ3v) is 4.47. The summed E-state index contributed by atoms with van der Waals surface area (Å²) in [7, 11) is 1.78. The van der Waals surface area contributed by atoms with Gasteiger partial charge in [-0.05, 0) is 49.2 Å². The molecule has 25 heavy (non-hydrogen) atoms. The summed E-state index contributed by atoms with van der Waals surface area (Å²) in [6, 6.07) is 16.9. The van der Waals surface area contributed by atoms with E-state index in [2.05, 4.69) is 10.6 Å². The van der Waals surface area contributed by atoms with Gasteiger partial charge in [-0.3, -0.25) is 9.59 Å². The molecule has 0 spiro atoms. The van der Waals surface area contributed by atoms with Crippen molar-refractivity contribution in [2.75, 3.05) is 23.8 Å². The van der Waals surface area contributed by atoms with Gasteiger partial charge in [-0.1, -0.05) is 30.3 Å². The van der Waals surface area contributed by atoms with E-state index in [1.54, 1.807) is 11.9 Å². The summed E-state index contributed by atoms with van der Waals surface area (Å²) in [5, 5.41) is 6.10. The minimum Gasteiger partial charge on any atom is -0.325 e. The van der Waals surface area contributed by atoms with Gasteiger partial charge in [-0.2, -0.15) is 0 Å². The summed E-state index contributed by atoms with van der Waals surface area (Å²) < 4.78 is 0. The zero-order valence-corrected chi connectivity index (χ0v) is 14.4. The molecule has 1 saturated heterocycles. The molecular formula is C20H23N3O2. The van der Waals surface area contributed by atoms with Crippen molar-refractivity contribution >= 4 is 23.2 Å². The van der Waals surface area contributed by atoms with Crippen molar-refractivity contribution in [3.05, 3.63) is 60.2 Å². The summed E-state index contributed by atoms with van der Waals surface area (Å²) in [5.74, 6) is 0.0308. The van der Waals surface area contributed by atoms with Crippen LogP contribution in [0.5, 0.6) is 0 Å². The van der Waals surface area contributed by atoms with Crippen molar-refractivity contribution < 1.29 is 9.59 Å². The van der Waals surface area contributed by atoms with Crippen LogP contribution in [-0.2, 0) is 16.0 Å². The van der Waals surface area contributed by atoms with Crippen molar-refractivity contribution in [3.63, 3.8) is 0 Å². The molecule has 1 aliphatic rings. The fraction of sp³-hybridized carbons (Fsp3) is 0.300. The zero-order chi connectivity index (χ0) is 17.6. The van der Waals surface area contributed by atoms with Crippen LogP contribution in [0.1, 0.15) is 18.4 Å². The molecule has 0 aliphatic carbocycles. The predicted octanol–water partition coefficient (Wildman–Crippen LogP) is 2.58. The Labute approximate surface area is 148 Å². The molecule has 2 N–H and O–H groups in total. The van der Waals surface area contributed by atoms with Gasteiger partial charge in [-0.25, -0.2) is 0 Å². The summed E-state index contributed by atoms with van der Waals surface area (Å²) in [4.78, 5) is 26.1. The number of anilines is 2. The lowest BCUT2D eigenvalue weighted by molar-refractivity contribution is -0.118. The van der Waals surface area contributed by atoms with Gasteiger partial charge in [0.25, 0.3) is 0 Å². The van der Waals surface area contributed by atoms with Crippen LogP contribution in [0.25, 0.3) is 0 Å². The quantitative estimate of drug-likeness (QED) is 0.881. The first kappa shape index (κ1) is 17.2. The molecule has 5 nitrogen and oxygen atoms in total. The number of para-hydroxylation sites is 1. The monoisotopic (exact) mass is 337 g/mol. The van der Waals surface area contributed by atoms with Gasteiger partial charge in [0, 0.05) is 18.4 Å². The van der Waals surface area contributed by atoms with E-state index in [0.717, 1.165) is 36.3 Å². The smallest absolute Gasteiger partial charge is 0.241 e. The predicted molar refractivity (Wildman–Crippen MR) is 99.7 cm³/mol. The number of hydrogen-bond donors (Lipinski definition) is 2. The highest BCUT2D eigenvalue weighted by Gasteiger charge is 2.21. The molecule has 5 heteroatoms. The molecule has 1 atom stereocenters. The number of nitrogens with one attached hydrogen (secondary N) is 2. The molecule has 0 bridgehead atoms. The number of benzene rings is 2. The van der Waals surface area contributed by atoms with Gasteiger partial charge in [0.1, 0.15) is 0 Å². The van der Waals surface area contributed by atoms with Crippen LogP contribution in [-0.4, -0.2) is 31.4 Å². The van der Waals surface area contributed by atoms with Crippen molar-refractivity contribution in [3.8, 4) is 0 Å². The van der Waals surface area contributed by atoms with Crippen LogP contribution in [0.15, 0.2) is 54.6 Å². The van der Waals surface area contributed by atoms with Crippen molar-refractivity contribution in [2.45, 2.75) is 25.3 Å². The molecule has 1 fully saturated rings. The van der Waals surface area contributed by atoms with Crippen LogP contribution in [0, 0.1) is 0 Å². The van der Waals surface area contributed by atoms with E-state index in [1.807, 2.05) is 54.6 Å². The molecule has 1 aliphatic heterocycles. The van der Waals surface area contributed by atoms with E-state index in [1.165, 1.54) is 0 Å². The fourth-order valence-electron chi connectivity index (χ4n) is 2.93. The third-order valence-electron chi connectivity index (χ3n) is 4.47. The molecule has 130 valence electrons. The lowest BCUT2D eigenvalue weighted by Crippen LogP contribution is -2.35. The van der Waals surface area contributed by atoms with Crippen molar-refractivity contribution in [2.24, 2.45) is 0 Å². The molecule has 0 radical (unpaired) electrons. The standard InChI is InChI=1S/C20H23N3O2/c1-23(17-6-3-2-4-7-17)19(24)14-15-9-11-16(12-10-15)22-20(25)18-8-5-13-21-18/h2-4,6-7,9-12,18,21H,5,8,13-14H2,1H3,(H,22,25). The normalized spacial score (nSPS) is 16.4. The highest BCUT2D eigenvalue weighted by Crippen LogP contribution is 2.16. The average molecular weight is 337 g/mol. The molecule has 0 aromatic heterocycles. The van der Waals surface area contributed by atoms with E-state index >= 15 is 0 Å². The van der Waals surface area contributed by atoms with Crippen LogP contribution in [0.4, 0.5) is 11.4 Å². The Morgan fingerprint density at radius 2 is 1.84 bits per heavy atom. The number of carbonyl (C=O) groups is 2. The maximum Gasteiger partial charge on any atom is 0.241 e. The molecule has 3 rings (SSSR count). The highest BCUT2D eigenvalue weighted by atomic mass is 16.2. The van der Waals surface area contributed by atoms with E-state index < -0.39 is 0 Å². The molecule has 2 aromatic carbocycles. The highest BCUT2D eigenvalue weighted by molar-refractivity contribution is 5.95. The van der Waals surface area contributed by atoms with Crippen LogP contribution < -0.4 is 15.5 Å². The van der Waals surface area contributed by atoms with E-state index in [0.29, 0.717) is 6.42 Å². The second-order valence-electron chi connectivity index (χ2n) is 6.30. The van der Waals surface area contributed by atoms with Gasteiger partial charge in [0.15, 0.2) is 0 Å². The number of hydrogen-bond acceptors (Lipinski definition) is 3. The molecule has 1 unspecified atom stereocenters. The average Bonchev–Trinajstić information content (AvgIpc) is 3.18. The zero-order valence-electron chi connectivity index (χ0n) is 14.4. The van der Waals surface area contributed by atoms with Crippen LogP contribution in [0.3, 0.4) is 0 Å². The fourth-order valence-corrected chi connectivity index (χ4v) is 2.93. The Balaban J connectivity index is 1.57. The number of rotatable bonds is 5. The molecule has 2 amide bonds. The van der Waals surface area contributed by atoms with Gasteiger partial charge in [0.05, 0.1) is 12.5 Å². The second-order valence-corrected chi connectivity index (χ2v) is 6.30. The van der Waals surface area contributed by atoms with Crippen LogP contribution >= 0.6 is 0 Å². The van der Waals surface area contributed by atoms with Crippen molar-refractivity contribution in [1.29, 1.82) is 0 Å². The number of nitrogens with zero attached hydrogens (tertiary/aromatic N) is 1. The minimum atomic E-state index is -0.0965. The lowest BCUT2D eigenvalue weighted by Gasteiger charge is -2.17. The molecule has 2 aromatic rings. The lowest BCUT2D eigenvalue weighted by atomic mass is 10.1. The van der Waals surface area contributed by atoms with Crippen molar-refractivity contribution in [1.82, 2.24) is 5.32 Å². The summed E-state index contributed by atoms with van der Waals surface area (Å²) in [5.41, 5.74) is 2.55. The van der Waals surface area contributed by atoms with E-state index in [9.17, 15) is 9.59 Å². The number of amides is 2. The first-order chi connectivity index (χ1) is 12.1. The van der Waals surface area contributed by atoms with Gasteiger partial charge in [-0.15, -0.1) is 0 Å². The second kappa shape index (κ2) is 7.94. The van der Waals surface area contributed by atoms with Gasteiger partial charge < -0.3 is 15.5 Å². The number of carbonyl (C=O) groups excluding carboxylic acids is 2. The topological polar surface area (TPSA) is 61.4 Å². The molecule has 1 heterocycles. The maximum absolute atomic E-state index is 12.4. The van der Waals surface area contributed by atoms with Gasteiger partial charge >= 0.3 is 0 Å². The Hall–Kier alpha value is -2.66. The SMILES string of the molecule is CN(C(=O)Cc1ccc(NC(=O)C2CCCN2)cc1)c1ccccc1. The largest absolute Gasteiger partial charge is 0.325 e. The van der Waals surface area contributed by atoms with E-state index in [4.69, 9.17) is 0 Å². The van der Waals surface area contributed by atoms with Gasteiger partial charge in [0.2, 0.25) is 11.8 Å². The Kier molecular flexibility index (Phi) is 5.46. The first-order valence-corrected chi connectivity index (χ1v) is 8.58. The molecular weight excluding hydrogens is 314 g/mol. The Morgan fingerprint density at radius 3 is 2.48 bits per heavy atom. The Morgan fingerprint density at radius 1 is 1.12 bits per heavy atom. The van der Waals surface area contributed by atoms with E-state index in [-0.39, 0.29) is 17.9 Å². The maximum atomic E-state index is 12.4. The van der Waals surface area contributed by atoms with Crippen LogP contribution in [0.2, 0.25) is 0 Å². The Bertz CT molecular complexity index is 722. The summed E-state index contributed by atoms with van der Waals surface area (Å²) in [6.07, 6.45) is 2.24. The number of likely N-dealkylation sites (N-methyl/N-ethyl adjacent to an activating group) is 1. The molecule has 0 saturated carbocycles. The summed E-state index contributed by atoms with van der Waals surface area (Å²) >= 11 is 0. The minimum absolute atomic E-state index is 0.00476. The third kappa shape index (κ3) is 4.45.